The van der Waals surface area contributed by atoms with Gasteiger partial charge in [-0.25, -0.2) is 0 Å². The molecule has 1 atom stereocenters. The molecule has 2 N–H and O–H groups in total. The lowest BCUT2D eigenvalue weighted by Gasteiger charge is -2.20. The molecule has 1 aromatic carbocycles. The van der Waals surface area contributed by atoms with E-state index < -0.39 is 0 Å². The molecule has 1 saturated heterocycles. The number of likely N-dealkylation sites (tertiary alicyclic amines) is 1. The molecular formula is C18H22N4O. The van der Waals surface area contributed by atoms with Crippen LogP contribution in [0.25, 0.3) is 11.1 Å². The lowest BCUT2D eigenvalue weighted by Crippen LogP contribution is -2.34. The van der Waals surface area contributed by atoms with Crippen molar-refractivity contribution in [1.82, 2.24) is 14.8 Å². The molecule has 5 nitrogen and oxygen atoms in total. The number of pyridine rings is 1. The van der Waals surface area contributed by atoms with Gasteiger partial charge >= 0.3 is 0 Å². The Labute approximate surface area is 136 Å². The summed E-state index contributed by atoms with van der Waals surface area (Å²) in [7, 11) is 4.12. The molecular weight excluding hydrogens is 288 g/mol. The fourth-order valence-electron chi connectivity index (χ4n) is 3.00. The highest BCUT2D eigenvalue weighted by Gasteiger charge is 2.28. The van der Waals surface area contributed by atoms with E-state index in [2.05, 4.69) is 24.0 Å². The lowest BCUT2D eigenvalue weighted by molar-refractivity contribution is 0.0783. The Hall–Kier alpha value is -2.40. The van der Waals surface area contributed by atoms with Crippen LogP contribution in [0.2, 0.25) is 0 Å². The van der Waals surface area contributed by atoms with Crippen LogP contribution in [0.5, 0.6) is 0 Å². The Morgan fingerprint density at radius 2 is 2.17 bits per heavy atom. The number of aromatic nitrogens is 1. The molecule has 1 fully saturated rings. The van der Waals surface area contributed by atoms with E-state index in [1.54, 1.807) is 18.5 Å². The zero-order chi connectivity index (χ0) is 16.4. The van der Waals surface area contributed by atoms with Crippen LogP contribution < -0.4 is 5.73 Å². The van der Waals surface area contributed by atoms with Crippen molar-refractivity contribution in [2.45, 2.75) is 12.5 Å². The number of likely N-dealkylation sites (N-methyl/N-ethyl adjacent to an activating group) is 1. The van der Waals surface area contributed by atoms with Gasteiger partial charge in [0.15, 0.2) is 0 Å². The van der Waals surface area contributed by atoms with Crippen LogP contribution in [0.4, 0.5) is 5.69 Å². The number of nitrogens with two attached hydrogens (primary N) is 1. The summed E-state index contributed by atoms with van der Waals surface area (Å²) in [5.41, 5.74) is 9.15. The number of hydrogen-bond donors (Lipinski definition) is 1. The highest BCUT2D eigenvalue weighted by molar-refractivity contribution is 5.96. The summed E-state index contributed by atoms with van der Waals surface area (Å²) in [5, 5.41) is 0. The van der Waals surface area contributed by atoms with Gasteiger partial charge < -0.3 is 15.5 Å². The Morgan fingerprint density at radius 3 is 2.87 bits per heavy atom. The highest BCUT2D eigenvalue weighted by atomic mass is 16.2. The minimum Gasteiger partial charge on any atom is -0.398 e. The normalized spacial score (nSPS) is 17.7. The lowest BCUT2D eigenvalue weighted by atomic mass is 10.0. The maximum absolute atomic E-state index is 12.7. The van der Waals surface area contributed by atoms with Gasteiger partial charge in [-0.15, -0.1) is 0 Å². The van der Waals surface area contributed by atoms with Gasteiger partial charge in [-0.2, -0.15) is 0 Å². The van der Waals surface area contributed by atoms with Gasteiger partial charge in [-0.1, -0.05) is 12.1 Å². The summed E-state index contributed by atoms with van der Waals surface area (Å²) in [6, 6.07) is 9.83. The van der Waals surface area contributed by atoms with Gasteiger partial charge in [0.2, 0.25) is 0 Å². The Morgan fingerprint density at radius 1 is 1.35 bits per heavy atom. The second-order valence-electron chi connectivity index (χ2n) is 6.20. The van der Waals surface area contributed by atoms with Gasteiger partial charge in [0.05, 0.1) is 0 Å². The topological polar surface area (TPSA) is 62.5 Å². The summed E-state index contributed by atoms with van der Waals surface area (Å²) in [6.45, 7) is 1.59. The Kier molecular flexibility index (Phi) is 4.30. The first-order valence-corrected chi connectivity index (χ1v) is 7.82. The first-order chi connectivity index (χ1) is 11.1. The van der Waals surface area contributed by atoms with Crippen LogP contribution in [0.1, 0.15) is 16.8 Å². The molecule has 120 valence electrons. The summed E-state index contributed by atoms with van der Waals surface area (Å²) >= 11 is 0. The Balaban J connectivity index is 1.83. The molecule has 3 rings (SSSR count). The van der Waals surface area contributed by atoms with Crippen molar-refractivity contribution in [3.63, 3.8) is 0 Å². The molecule has 5 heteroatoms. The maximum Gasteiger partial charge on any atom is 0.253 e. The maximum atomic E-state index is 12.7. The fraction of sp³-hybridized carbons (Fsp3) is 0.333. The van der Waals surface area contributed by atoms with Gasteiger partial charge in [0.1, 0.15) is 0 Å². The van der Waals surface area contributed by atoms with E-state index in [1.807, 2.05) is 29.2 Å². The number of nitrogens with zero attached hydrogens (tertiary/aromatic N) is 3. The third-order valence-corrected chi connectivity index (χ3v) is 4.46. The van der Waals surface area contributed by atoms with E-state index >= 15 is 0 Å². The van der Waals surface area contributed by atoms with E-state index in [4.69, 9.17) is 5.73 Å². The number of carbonyl (C=O) groups is 1. The number of hydrogen-bond acceptors (Lipinski definition) is 4. The van der Waals surface area contributed by atoms with Crippen LogP contribution in [-0.2, 0) is 0 Å². The molecule has 1 aliphatic rings. The van der Waals surface area contributed by atoms with Crippen molar-refractivity contribution >= 4 is 11.6 Å². The molecule has 23 heavy (non-hydrogen) atoms. The smallest absolute Gasteiger partial charge is 0.253 e. The first-order valence-electron chi connectivity index (χ1n) is 7.82. The third kappa shape index (κ3) is 3.19. The van der Waals surface area contributed by atoms with Crippen LogP contribution in [-0.4, -0.2) is 53.9 Å². The number of benzene rings is 1. The van der Waals surface area contributed by atoms with Gasteiger partial charge in [-0.3, -0.25) is 9.78 Å². The predicted octanol–water partition coefficient (Wildman–Crippen LogP) is 2.11. The average Bonchev–Trinajstić information content (AvgIpc) is 3.05. The van der Waals surface area contributed by atoms with E-state index in [-0.39, 0.29) is 5.91 Å². The molecule has 0 aliphatic carbocycles. The van der Waals surface area contributed by atoms with Crippen LogP contribution >= 0.6 is 0 Å². The molecule has 1 aromatic heterocycles. The molecule has 2 heterocycles. The molecule has 2 aromatic rings. The number of nitrogen functional groups attached to an aromatic ring is 1. The van der Waals surface area contributed by atoms with Crippen LogP contribution in [0.15, 0.2) is 42.7 Å². The van der Waals surface area contributed by atoms with Crippen molar-refractivity contribution in [2.75, 3.05) is 32.9 Å². The number of anilines is 1. The average molecular weight is 310 g/mol. The number of carbonyl (C=O) groups excluding carboxylic acids is 1. The van der Waals surface area contributed by atoms with E-state index in [0.29, 0.717) is 17.3 Å². The van der Waals surface area contributed by atoms with Crippen molar-refractivity contribution in [3.05, 3.63) is 48.3 Å². The summed E-state index contributed by atoms with van der Waals surface area (Å²) < 4.78 is 0. The molecule has 1 aliphatic heterocycles. The zero-order valence-corrected chi connectivity index (χ0v) is 13.6. The molecule has 0 unspecified atom stereocenters. The monoisotopic (exact) mass is 310 g/mol. The number of rotatable bonds is 3. The Bertz CT molecular complexity index is 714. The standard InChI is InChI=1S/C18H22N4O/c1-21(2)15-7-9-22(12-15)18(23)14-5-3-4-13(10-14)16-11-20-8-6-17(16)19/h3-6,8,10-11,15H,7,9,12H2,1-2H3,(H2,19,20)/t15-/m0/s1. The van der Waals surface area contributed by atoms with Crippen LogP contribution in [0, 0.1) is 0 Å². The van der Waals surface area contributed by atoms with Gasteiger partial charge in [0, 0.05) is 48.3 Å². The van der Waals surface area contributed by atoms with Gasteiger partial charge in [-0.05, 0) is 44.3 Å². The predicted molar refractivity (Wildman–Crippen MR) is 92.1 cm³/mol. The van der Waals surface area contributed by atoms with E-state index in [9.17, 15) is 4.79 Å². The highest BCUT2D eigenvalue weighted by Crippen LogP contribution is 2.26. The molecule has 0 saturated carbocycles. The summed E-state index contributed by atoms with van der Waals surface area (Å²) in [4.78, 5) is 21.0. The van der Waals surface area contributed by atoms with Crippen molar-refractivity contribution in [1.29, 1.82) is 0 Å². The molecule has 0 radical (unpaired) electrons. The quantitative estimate of drug-likeness (QED) is 0.943. The van der Waals surface area contributed by atoms with Gasteiger partial charge in [0.25, 0.3) is 5.91 Å². The molecule has 0 bridgehead atoms. The van der Waals surface area contributed by atoms with Crippen LogP contribution in [0.3, 0.4) is 0 Å². The van der Waals surface area contributed by atoms with Crippen molar-refractivity contribution in [3.8, 4) is 11.1 Å². The summed E-state index contributed by atoms with van der Waals surface area (Å²) in [6.07, 6.45) is 4.42. The summed E-state index contributed by atoms with van der Waals surface area (Å²) in [5.74, 6) is 0.0821. The largest absolute Gasteiger partial charge is 0.398 e. The zero-order valence-electron chi connectivity index (χ0n) is 13.6. The van der Waals surface area contributed by atoms with Crippen molar-refractivity contribution in [2.24, 2.45) is 0 Å². The number of amides is 1. The van der Waals surface area contributed by atoms with E-state index in [1.165, 1.54) is 0 Å². The molecule has 1 amide bonds. The minimum absolute atomic E-state index is 0.0821. The minimum atomic E-state index is 0.0821. The second-order valence-corrected chi connectivity index (χ2v) is 6.20. The first kappa shape index (κ1) is 15.5. The fourth-order valence-corrected chi connectivity index (χ4v) is 3.00. The van der Waals surface area contributed by atoms with E-state index in [0.717, 1.165) is 30.6 Å². The third-order valence-electron chi connectivity index (χ3n) is 4.46. The second kappa shape index (κ2) is 6.38. The molecule has 0 spiro atoms. The van der Waals surface area contributed by atoms with Crippen molar-refractivity contribution < 1.29 is 4.79 Å². The SMILES string of the molecule is CN(C)[C@H]1CCN(C(=O)c2cccc(-c3cnccc3N)c2)C1.